The van der Waals surface area contributed by atoms with E-state index in [0.29, 0.717) is 5.56 Å². The van der Waals surface area contributed by atoms with Gasteiger partial charge in [-0.2, -0.15) is 0 Å². The van der Waals surface area contributed by atoms with E-state index in [2.05, 4.69) is 5.32 Å². The second kappa shape index (κ2) is 8.19. The maximum Gasteiger partial charge on any atom is 0.282 e. The van der Waals surface area contributed by atoms with Crippen molar-refractivity contribution in [3.8, 4) is 11.1 Å². The highest BCUT2D eigenvalue weighted by Crippen LogP contribution is 2.27. The molecule has 0 unspecified atom stereocenters. The van der Waals surface area contributed by atoms with Crippen LogP contribution in [0.1, 0.15) is 17.3 Å². The molecule has 2 aromatic carbocycles. The smallest absolute Gasteiger partial charge is 0.282 e. The summed E-state index contributed by atoms with van der Waals surface area (Å²) in [6.07, 6.45) is -1.33. The molecule has 136 valence electrons. The van der Waals surface area contributed by atoms with Crippen molar-refractivity contribution in [1.82, 2.24) is 10.8 Å². The van der Waals surface area contributed by atoms with Gasteiger partial charge in [0.2, 0.25) is 0 Å². The lowest BCUT2D eigenvalue weighted by molar-refractivity contribution is -0.385. The predicted molar refractivity (Wildman–Crippen MR) is 91.4 cm³/mol. The van der Waals surface area contributed by atoms with Crippen molar-refractivity contribution in [2.45, 2.75) is 19.1 Å². The summed E-state index contributed by atoms with van der Waals surface area (Å²) >= 11 is 0. The summed E-state index contributed by atoms with van der Waals surface area (Å²) in [5, 5.41) is 31.8. The van der Waals surface area contributed by atoms with Gasteiger partial charge < -0.3 is 10.4 Å². The van der Waals surface area contributed by atoms with Crippen molar-refractivity contribution in [2.75, 3.05) is 0 Å². The number of aliphatic hydroxyl groups is 1. The number of aliphatic hydroxyl groups excluding tert-OH is 1. The van der Waals surface area contributed by atoms with Gasteiger partial charge in [-0.15, -0.1) is 0 Å². The van der Waals surface area contributed by atoms with Gasteiger partial charge in [0.05, 0.1) is 11.0 Å². The molecule has 0 saturated carbocycles. The molecule has 0 aliphatic heterocycles. The third-order valence-electron chi connectivity index (χ3n) is 3.71. The Balaban J connectivity index is 2.38. The highest BCUT2D eigenvalue weighted by molar-refractivity contribution is 6.01. The summed E-state index contributed by atoms with van der Waals surface area (Å²) in [5.41, 5.74) is 1.89. The molecule has 2 amide bonds. The fraction of sp³-hybridized carbons (Fsp3) is 0.176. The number of rotatable bonds is 6. The number of hydrogen-bond acceptors (Lipinski definition) is 6. The number of hydrogen-bond donors (Lipinski definition) is 4. The third kappa shape index (κ3) is 4.21. The number of hydroxylamine groups is 1. The van der Waals surface area contributed by atoms with Crippen LogP contribution in [0.15, 0.2) is 48.5 Å². The van der Waals surface area contributed by atoms with Crippen molar-refractivity contribution in [3.63, 3.8) is 0 Å². The molecular weight excluding hydrogens is 342 g/mol. The predicted octanol–water partition coefficient (Wildman–Crippen LogP) is 1.25. The van der Waals surface area contributed by atoms with Gasteiger partial charge in [-0.1, -0.05) is 36.4 Å². The Morgan fingerprint density at radius 3 is 2.31 bits per heavy atom. The van der Waals surface area contributed by atoms with Crippen LogP contribution in [0, 0.1) is 10.1 Å². The van der Waals surface area contributed by atoms with Crippen LogP contribution < -0.4 is 10.8 Å². The lowest BCUT2D eigenvalue weighted by atomic mass is 10.0. The van der Waals surface area contributed by atoms with Crippen LogP contribution in [0.4, 0.5) is 5.69 Å². The molecule has 4 N–H and O–H groups in total. The van der Waals surface area contributed by atoms with E-state index in [9.17, 15) is 24.8 Å². The number of carbonyl (C=O) groups is 2. The molecule has 2 atom stereocenters. The number of amides is 2. The molecule has 9 nitrogen and oxygen atoms in total. The molecule has 0 aliphatic rings. The summed E-state index contributed by atoms with van der Waals surface area (Å²) in [7, 11) is 0. The minimum atomic E-state index is -1.47. The molecule has 0 spiro atoms. The molecule has 0 radical (unpaired) electrons. The first-order chi connectivity index (χ1) is 12.3. The topological polar surface area (TPSA) is 142 Å². The van der Waals surface area contributed by atoms with Gasteiger partial charge in [0.25, 0.3) is 17.5 Å². The normalized spacial score (nSPS) is 12.7. The average molecular weight is 359 g/mol. The number of nitrogens with one attached hydrogen (secondary N) is 2. The van der Waals surface area contributed by atoms with E-state index in [-0.39, 0.29) is 5.56 Å². The highest BCUT2D eigenvalue weighted by Gasteiger charge is 2.29. The minimum Gasteiger partial charge on any atom is -0.391 e. The van der Waals surface area contributed by atoms with Crippen molar-refractivity contribution in [2.24, 2.45) is 0 Å². The number of carbonyl (C=O) groups excluding carboxylic acids is 2. The zero-order valence-corrected chi connectivity index (χ0v) is 13.7. The Hall–Kier alpha value is -3.30. The maximum atomic E-state index is 12.4. The molecule has 9 heteroatoms. The zero-order chi connectivity index (χ0) is 19.3. The fourth-order valence-electron chi connectivity index (χ4n) is 2.38. The van der Waals surface area contributed by atoms with Crippen LogP contribution in [0.5, 0.6) is 0 Å². The van der Waals surface area contributed by atoms with Crippen LogP contribution in [0.3, 0.4) is 0 Å². The monoisotopic (exact) mass is 359 g/mol. The molecule has 2 rings (SSSR count). The van der Waals surface area contributed by atoms with Crippen LogP contribution >= 0.6 is 0 Å². The van der Waals surface area contributed by atoms with E-state index in [1.165, 1.54) is 24.5 Å². The van der Waals surface area contributed by atoms with E-state index in [1.807, 2.05) is 6.07 Å². The van der Waals surface area contributed by atoms with E-state index in [4.69, 9.17) is 5.21 Å². The van der Waals surface area contributed by atoms with Gasteiger partial charge in [0.15, 0.2) is 0 Å². The summed E-state index contributed by atoms with van der Waals surface area (Å²) in [4.78, 5) is 34.5. The Bertz CT molecular complexity index is 823. The van der Waals surface area contributed by atoms with Crippen LogP contribution in [-0.2, 0) is 4.79 Å². The van der Waals surface area contributed by atoms with E-state index >= 15 is 0 Å². The van der Waals surface area contributed by atoms with Crippen molar-refractivity contribution >= 4 is 17.5 Å². The number of nitro groups is 1. The Labute approximate surface area is 148 Å². The standard InChI is InChI=1S/C17H17N3O6/c1-10(21)15(17(23)19-24)18-16(22)13-8-7-12(9-14(13)20(25)26)11-5-3-2-4-6-11/h2-10,15,21,24H,1H3,(H,18,22)(H,19,23)/t10-,15+/m1/s1. The van der Waals surface area contributed by atoms with Gasteiger partial charge in [-0.25, -0.2) is 5.48 Å². The molecule has 0 aromatic heterocycles. The van der Waals surface area contributed by atoms with Gasteiger partial charge in [-0.3, -0.25) is 24.9 Å². The quantitative estimate of drug-likeness (QED) is 0.347. The molecule has 0 aliphatic carbocycles. The van der Waals surface area contributed by atoms with Gasteiger partial charge in [0.1, 0.15) is 11.6 Å². The third-order valence-corrected chi connectivity index (χ3v) is 3.71. The number of benzene rings is 2. The number of nitro benzene ring substituents is 1. The molecule has 2 aromatic rings. The van der Waals surface area contributed by atoms with Crippen LogP contribution in [-0.4, -0.2) is 39.2 Å². The lowest BCUT2D eigenvalue weighted by Crippen LogP contribution is -2.51. The molecule has 0 fully saturated rings. The van der Waals surface area contributed by atoms with Gasteiger partial charge in [-0.05, 0) is 24.1 Å². The largest absolute Gasteiger partial charge is 0.391 e. The lowest BCUT2D eigenvalue weighted by Gasteiger charge is -2.19. The van der Waals surface area contributed by atoms with Crippen molar-refractivity contribution < 1.29 is 24.8 Å². The van der Waals surface area contributed by atoms with Crippen LogP contribution in [0.25, 0.3) is 11.1 Å². The summed E-state index contributed by atoms with van der Waals surface area (Å²) in [6, 6.07) is 11.5. The second-order valence-corrected chi connectivity index (χ2v) is 5.52. The molecule has 0 bridgehead atoms. The molecule has 0 heterocycles. The zero-order valence-electron chi connectivity index (χ0n) is 13.7. The molecular formula is C17H17N3O6. The van der Waals surface area contributed by atoms with Gasteiger partial charge >= 0.3 is 0 Å². The summed E-state index contributed by atoms with van der Waals surface area (Å²) < 4.78 is 0. The number of nitrogens with zero attached hydrogens (tertiary/aromatic N) is 1. The molecule has 26 heavy (non-hydrogen) atoms. The SMILES string of the molecule is C[C@@H](O)[C@H](NC(=O)c1ccc(-c2ccccc2)cc1[N+](=O)[O-])C(=O)NO. The van der Waals surface area contributed by atoms with E-state index < -0.39 is 34.6 Å². The maximum absolute atomic E-state index is 12.4. The van der Waals surface area contributed by atoms with E-state index in [0.717, 1.165) is 5.56 Å². The van der Waals surface area contributed by atoms with Crippen molar-refractivity contribution in [3.05, 3.63) is 64.2 Å². The van der Waals surface area contributed by atoms with E-state index in [1.54, 1.807) is 30.3 Å². The van der Waals surface area contributed by atoms with Crippen molar-refractivity contribution in [1.29, 1.82) is 0 Å². The first-order valence-corrected chi connectivity index (χ1v) is 7.62. The Kier molecular flexibility index (Phi) is 5.99. The first kappa shape index (κ1) is 19.0. The van der Waals surface area contributed by atoms with Crippen LogP contribution in [0.2, 0.25) is 0 Å². The molecule has 0 saturated heterocycles. The summed E-state index contributed by atoms with van der Waals surface area (Å²) in [6.45, 7) is 1.23. The minimum absolute atomic E-state index is 0.272. The fourth-order valence-corrected chi connectivity index (χ4v) is 2.38. The second-order valence-electron chi connectivity index (χ2n) is 5.52. The first-order valence-electron chi connectivity index (χ1n) is 7.62. The Morgan fingerprint density at radius 2 is 1.77 bits per heavy atom. The Morgan fingerprint density at radius 1 is 1.12 bits per heavy atom. The summed E-state index contributed by atoms with van der Waals surface area (Å²) in [5.74, 6) is -1.97. The average Bonchev–Trinajstić information content (AvgIpc) is 2.65. The van der Waals surface area contributed by atoms with Gasteiger partial charge in [0, 0.05) is 6.07 Å². The highest BCUT2D eigenvalue weighted by atomic mass is 16.6.